The molecule has 116 valence electrons. The Hall–Kier alpha value is -0.370. The summed E-state index contributed by atoms with van der Waals surface area (Å²) in [6, 6.07) is 0. The molecule has 0 radical (unpaired) electrons. The zero-order chi connectivity index (χ0) is 14.5. The summed E-state index contributed by atoms with van der Waals surface area (Å²) < 4.78 is 0. The topological polar surface area (TPSA) is 63.3 Å². The van der Waals surface area contributed by atoms with Crippen LogP contribution in [-0.4, -0.2) is 17.5 Å². The van der Waals surface area contributed by atoms with Crippen molar-refractivity contribution in [1.82, 2.24) is 10.3 Å². The van der Waals surface area contributed by atoms with E-state index >= 15 is 0 Å². The first-order valence-corrected chi connectivity index (χ1v) is 7.65. The van der Waals surface area contributed by atoms with E-state index in [1.807, 2.05) is 0 Å². The highest BCUT2D eigenvalue weighted by atomic mass is 127. The number of hydrogen-bond acceptors (Lipinski definition) is 3. The van der Waals surface area contributed by atoms with Gasteiger partial charge in [-0.25, -0.2) is 9.98 Å². The van der Waals surface area contributed by atoms with Crippen molar-refractivity contribution in [2.75, 3.05) is 6.54 Å². The Morgan fingerprint density at radius 3 is 2.60 bits per heavy atom. The van der Waals surface area contributed by atoms with Gasteiger partial charge in [0.1, 0.15) is 5.01 Å². The van der Waals surface area contributed by atoms with Crippen LogP contribution in [-0.2, 0) is 12.0 Å². The van der Waals surface area contributed by atoms with Crippen molar-refractivity contribution in [3.63, 3.8) is 0 Å². The fourth-order valence-corrected chi connectivity index (χ4v) is 2.37. The summed E-state index contributed by atoms with van der Waals surface area (Å²) in [5.41, 5.74) is 7.03. The first-order chi connectivity index (χ1) is 8.79. The smallest absolute Gasteiger partial charge is 0.189 e. The second-order valence-electron chi connectivity index (χ2n) is 6.19. The summed E-state index contributed by atoms with van der Waals surface area (Å²) in [6.45, 7) is 12.3. The molecule has 0 fully saturated rings. The van der Waals surface area contributed by atoms with Crippen molar-refractivity contribution in [1.29, 1.82) is 0 Å². The fraction of sp³-hybridized carbons (Fsp3) is 0.714. The Kier molecular flexibility index (Phi) is 8.65. The maximum absolute atomic E-state index is 5.82. The van der Waals surface area contributed by atoms with Gasteiger partial charge in [-0.1, -0.05) is 34.6 Å². The molecule has 0 amide bonds. The van der Waals surface area contributed by atoms with Crippen LogP contribution >= 0.6 is 35.3 Å². The number of guanidine groups is 1. The summed E-state index contributed by atoms with van der Waals surface area (Å²) in [7, 11) is 0. The molecule has 1 heterocycles. The number of rotatable bonds is 5. The molecule has 0 aliphatic heterocycles. The van der Waals surface area contributed by atoms with Crippen LogP contribution in [0.4, 0.5) is 0 Å². The average Bonchev–Trinajstić information content (AvgIpc) is 2.74. The molecule has 1 aromatic heterocycles. The highest BCUT2D eigenvalue weighted by Crippen LogP contribution is 2.24. The molecule has 4 nitrogen and oxygen atoms in total. The second kappa shape index (κ2) is 8.81. The number of nitrogens with one attached hydrogen (secondary N) is 1. The highest BCUT2D eigenvalue weighted by molar-refractivity contribution is 14.0. The largest absolute Gasteiger partial charge is 0.370 e. The molecular formula is C14H27IN4S. The van der Waals surface area contributed by atoms with Gasteiger partial charge < -0.3 is 11.1 Å². The van der Waals surface area contributed by atoms with Gasteiger partial charge in [0.15, 0.2) is 5.96 Å². The number of nitrogens with zero attached hydrogens (tertiary/aromatic N) is 2. The van der Waals surface area contributed by atoms with E-state index in [1.54, 1.807) is 11.3 Å². The predicted molar refractivity (Wildman–Crippen MR) is 99.0 cm³/mol. The maximum atomic E-state index is 5.82. The van der Waals surface area contributed by atoms with Gasteiger partial charge in [-0.05, 0) is 12.3 Å². The molecule has 0 spiro atoms. The van der Waals surface area contributed by atoms with Crippen LogP contribution in [0.25, 0.3) is 0 Å². The van der Waals surface area contributed by atoms with Crippen molar-refractivity contribution in [3.8, 4) is 0 Å². The van der Waals surface area contributed by atoms with Gasteiger partial charge in [0.25, 0.3) is 0 Å². The van der Waals surface area contributed by atoms with Gasteiger partial charge in [0.2, 0.25) is 0 Å². The Morgan fingerprint density at radius 2 is 2.10 bits per heavy atom. The van der Waals surface area contributed by atoms with E-state index in [0.717, 1.165) is 23.7 Å². The first kappa shape index (κ1) is 19.6. The Balaban J connectivity index is 0.00000361. The number of aromatic nitrogens is 1. The minimum Gasteiger partial charge on any atom is -0.370 e. The number of thiazole rings is 1. The molecule has 0 unspecified atom stereocenters. The van der Waals surface area contributed by atoms with E-state index in [4.69, 9.17) is 5.73 Å². The minimum atomic E-state index is 0. The fourth-order valence-electron chi connectivity index (χ4n) is 1.43. The van der Waals surface area contributed by atoms with Gasteiger partial charge in [-0.2, -0.15) is 0 Å². The zero-order valence-corrected chi connectivity index (χ0v) is 16.2. The van der Waals surface area contributed by atoms with Crippen molar-refractivity contribution >= 4 is 41.3 Å². The molecule has 0 saturated heterocycles. The van der Waals surface area contributed by atoms with Gasteiger partial charge >= 0.3 is 0 Å². The van der Waals surface area contributed by atoms with Gasteiger partial charge in [0, 0.05) is 17.3 Å². The molecule has 0 aliphatic rings. The lowest BCUT2D eigenvalue weighted by Crippen LogP contribution is -2.32. The third-order valence-electron chi connectivity index (χ3n) is 2.73. The zero-order valence-electron chi connectivity index (χ0n) is 13.1. The van der Waals surface area contributed by atoms with E-state index in [0.29, 0.717) is 18.4 Å². The number of hydrogen-bond donors (Lipinski definition) is 2. The van der Waals surface area contributed by atoms with Gasteiger partial charge in [-0.15, -0.1) is 35.3 Å². The van der Waals surface area contributed by atoms with E-state index in [1.165, 1.54) is 0 Å². The molecule has 0 bridgehead atoms. The molecule has 1 rings (SSSR count). The molecular weight excluding hydrogens is 383 g/mol. The standard InChI is InChI=1S/C14H26N4S.HI/c1-10(2)6-7-16-13(15)17-8-12-18-11(9-19-12)14(3,4)5;/h9-10H,6-8H2,1-5H3,(H3,15,16,17);1H. The van der Waals surface area contributed by atoms with E-state index < -0.39 is 0 Å². The summed E-state index contributed by atoms with van der Waals surface area (Å²) in [6.07, 6.45) is 1.10. The molecule has 6 heteroatoms. The van der Waals surface area contributed by atoms with Crippen molar-refractivity contribution in [2.24, 2.45) is 16.6 Å². The van der Waals surface area contributed by atoms with Gasteiger partial charge in [0.05, 0.1) is 12.2 Å². The molecule has 0 saturated carbocycles. The molecule has 0 aliphatic carbocycles. The number of aliphatic imine (C=N–C) groups is 1. The molecule has 3 N–H and O–H groups in total. The lowest BCUT2D eigenvalue weighted by atomic mass is 9.93. The van der Waals surface area contributed by atoms with Crippen LogP contribution in [0.3, 0.4) is 0 Å². The Morgan fingerprint density at radius 1 is 1.45 bits per heavy atom. The van der Waals surface area contributed by atoms with Crippen LogP contribution in [0, 0.1) is 5.92 Å². The van der Waals surface area contributed by atoms with Crippen LogP contribution < -0.4 is 11.1 Å². The lowest BCUT2D eigenvalue weighted by molar-refractivity contribution is 0.570. The van der Waals surface area contributed by atoms with E-state index in [2.05, 4.69) is 55.3 Å². The minimum absolute atomic E-state index is 0. The van der Waals surface area contributed by atoms with Crippen molar-refractivity contribution in [3.05, 3.63) is 16.1 Å². The number of halogens is 1. The third kappa shape index (κ3) is 7.42. The van der Waals surface area contributed by atoms with Crippen molar-refractivity contribution < 1.29 is 0 Å². The summed E-state index contributed by atoms with van der Waals surface area (Å²) in [4.78, 5) is 8.91. The third-order valence-corrected chi connectivity index (χ3v) is 3.57. The van der Waals surface area contributed by atoms with E-state index in [9.17, 15) is 0 Å². The molecule has 0 aromatic carbocycles. The molecule has 20 heavy (non-hydrogen) atoms. The van der Waals surface area contributed by atoms with Crippen molar-refractivity contribution in [2.45, 2.75) is 53.0 Å². The number of nitrogens with two attached hydrogens (primary N) is 1. The van der Waals surface area contributed by atoms with Crippen LogP contribution in [0.1, 0.15) is 51.7 Å². The Bertz CT molecular complexity index is 421. The summed E-state index contributed by atoms with van der Waals surface area (Å²) in [5, 5.41) is 6.24. The maximum Gasteiger partial charge on any atom is 0.189 e. The average molecular weight is 410 g/mol. The monoisotopic (exact) mass is 410 g/mol. The summed E-state index contributed by atoms with van der Waals surface area (Å²) in [5.74, 6) is 1.18. The van der Waals surface area contributed by atoms with E-state index in [-0.39, 0.29) is 29.4 Å². The van der Waals surface area contributed by atoms with Crippen LogP contribution in [0.5, 0.6) is 0 Å². The van der Waals surface area contributed by atoms with Gasteiger partial charge in [-0.3, -0.25) is 0 Å². The van der Waals surface area contributed by atoms with Crippen LogP contribution in [0.15, 0.2) is 10.4 Å². The second-order valence-corrected chi connectivity index (χ2v) is 7.13. The quantitative estimate of drug-likeness (QED) is 0.444. The predicted octanol–water partition coefficient (Wildman–Crippen LogP) is 3.51. The SMILES string of the molecule is CC(C)CCNC(N)=NCc1nc(C(C)(C)C)cs1.I. The molecule has 0 atom stereocenters. The Labute approximate surface area is 143 Å². The normalized spacial score (nSPS) is 12.4. The molecule has 1 aromatic rings. The highest BCUT2D eigenvalue weighted by Gasteiger charge is 2.17. The lowest BCUT2D eigenvalue weighted by Gasteiger charge is -2.14. The first-order valence-electron chi connectivity index (χ1n) is 6.77. The summed E-state index contributed by atoms with van der Waals surface area (Å²) >= 11 is 1.65. The van der Waals surface area contributed by atoms with Crippen LogP contribution in [0.2, 0.25) is 0 Å².